The van der Waals surface area contributed by atoms with Gasteiger partial charge in [0.1, 0.15) is 17.3 Å². The quantitative estimate of drug-likeness (QED) is 0.695. The molecule has 7 heteroatoms. The van der Waals surface area contributed by atoms with E-state index in [9.17, 15) is 9.59 Å². The van der Waals surface area contributed by atoms with E-state index in [-0.39, 0.29) is 5.78 Å². The molecule has 0 amide bonds. The summed E-state index contributed by atoms with van der Waals surface area (Å²) in [6, 6.07) is 9.83. The van der Waals surface area contributed by atoms with Crippen LogP contribution in [0.4, 0.5) is 0 Å². The first-order valence-electron chi connectivity index (χ1n) is 8.37. The van der Waals surface area contributed by atoms with Crippen molar-refractivity contribution in [2.75, 3.05) is 5.75 Å². The number of aromatic amines is 1. The number of carbonyl (C=O) groups excluding carboxylic acids is 2. The molecular weight excluding hydrogens is 350 g/mol. The highest BCUT2D eigenvalue weighted by Gasteiger charge is 2.17. The van der Waals surface area contributed by atoms with Crippen LogP contribution in [0, 0.1) is 0 Å². The maximum Gasteiger partial charge on any atom is 0.209 e. The molecule has 1 aliphatic carbocycles. The second kappa shape index (κ2) is 6.92. The number of hydrogen-bond acceptors (Lipinski definition) is 6. The zero-order chi connectivity index (χ0) is 18.1. The number of fused-ring (bicyclic) bond motifs is 1. The van der Waals surface area contributed by atoms with Crippen LogP contribution in [0.3, 0.4) is 0 Å². The number of H-pyrrole nitrogens is 1. The molecule has 26 heavy (non-hydrogen) atoms. The van der Waals surface area contributed by atoms with Gasteiger partial charge in [0.25, 0.3) is 0 Å². The number of aryl methyl sites for hydroxylation is 1. The molecule has 2 aromatic heterocycles. The number of nitrogens with one attached hydrogen (secondary N) is 1. The Bertz CT molecular complexity index is 990. The van der Waals surface area contributed by atoms with Crippen LogP contribution in [0.2, 0.25) is 0 Å². The van der Waals surface area contributed by atoms with Crippen molar-refractivity contribution in [2.45, 2.75) is 31.3 Å². The summed E-state index contributed by atoms with van der Waals surface area (Å²) in [7, 11) is 0. The zero-order valence-corrected chi connectivity index (χ0v) is 15.1. The van der Waals surface area contributed by atoms with Gasteiger partial charge in [0, 0.05) is 18.4 Å². The molecule has 6 nitrogen and oxygen atoms in total. The van der Waals surface area contributed by atoms with Crippen molar-refractivity contribution in [1.29, 1.82) is 0 Å². The smallest absolute Gasteiger partial charge is 0.209 e. The van der Waals surface area contributed by atoms with Crippen LogP contribution < -0.4 is 0 Å². The molecule has 0 radical (unpaired) electrons. The molecule has 0 spiro atoms. The lowest BCUT2D eigenvalue weighted by Gasteiger charge is -2.15. The van der Waals surface area contributed by atoms with E-state index in [2.05, 4.69) is 21.2 Å². The molecule has 1 N–H and O–H groups in total. The third-order valence-electron chi connectivity index (χ3n) is 4.26. The largest absolute Gasteiger partial charge is 0.453 e. The van der Waals surface area contributed by atoms with Crippen molar-refractivity contribution in [3.05, 3.63) is 41.5 Å². The summed E-state index contributed by atoms with van der Waals surface area (Å²) >= 11 is 1.29. The van der Waals surface area contributed by atoms with Gasteiger partial charge < -0.3 is 4.42 Å². The molecule has 0 atom stereocenters. The van der Waals surface area contributed by atoms with E-state index < -0.39 is 0 Å². The van der Waals surface area contributed by atoms with Gasteiger partial charge in [0.15, 0.2) is 11.6 Å². The minimum atomic E-state index is 0.0794. The van der Waals surface area contributed by atoms with E-state index in [1.807, 2.05) is 24.3 Å². The Labute approximate surface area is 154 Å². The van der Waals surface area contributed by atoms with Crippen molar-refractivity contribution in [1.82, 2.24) is 15.2 Å². The first-order valence-corrected chi connectivity index (χ1v) is 9.36. The summed E-state index contributed by atoms with van der Waals surface area (Å²) in [6.07, 6.45) is 1.92. The number of Topliss-reactive ketones (excluding diaryl/α,β-unsaturated/α-hetero) is 2. The monoisotopic (exact) mass is 367 g/mol. The minimum Gasteiger partial charge on any atom is -0.453 e. The van der Waals surface area contributed by atoms with Gasteiger partial charge in [-0.3, -0.25) is 14.7 Å². The fourth-order valence-corrected chi connectivity index (χ4v) is 3.57. The van der Waals surface area contributed by atoms with E-state index >= 15 is 0 Å². The molecule has 4 rings (SSSR count). The second-order valence-corrected chi connectivity index (χ2v) is 7.26. The summed E-state index contributed by atoms with van der Waals surface area (Å²) < 4.78 is 5.93. The minimum absolute atomic E-state index is 0.0794. The molecule has 0 bridgehead atoms. The summed E-state index contributed by atoms with van der Waals surface area (Å²) in [4.78, 5) is 27.0. The fraction of sp³-hybridized carbons (Fsp3) is 0.263. The average molecular weight is 367 g/mol. The van der Waals surface area contributed by atoms with Crippen LogP contribution in [-0.4, -0.2) is 32.5 Å². The van der Waals surface area contributed by atoms with Crippen LogP contribution in [0.5, 0.6) is 0 Å². The van der Waals surface area contributed by atoms with Crippen molar-refractivity contribution < 1.29 is 14.0 Å². The summed E-state index contributed by atoms with van der Waals surface area (Å²) in [6.45, 7) is 1.54. The number of thioether (sulfide) groups is 1. The molecule has 2 heterocycles. The highest BCUT2D eigenvalue weighted by Crippen LogP contribution is 2.30. The first kappa shape index (κ1) is 16.8. The molecule has 0 fully saturated rings. The lowest BCUT2D eigenvalue weighted by atomic mass is 9.89. The van der Waals surface area contributed by atoms with Crippen LogP contribution in [0.25, 0.3) is 22.9 Å². The number of rotatable bonds is 5. The highest BCUT2D eigenvalue weighted by molar-refractivity contribution is 7.99. The third kappa shape index (κ3) is 3.48. The van der Waals surface area contributed by atoms with Gasteiger partial charge in [-0.1, -0.05) is 23.9 Å². The number of furan rings is 1. The van der Waals surface area contributed by atoms with E-state index in [0.29, 0.717) is 41.1 Å². The topological polar surface area (TPSA) is 88.9 Å². The number of aromatic nitrogens is 3. The Balaban J connectivity index is 1.55. The first-order chi connectivity index (χ1) is 12.6. The Morgan fingerprint density at radius 3 is 2.88 bits per heavy atom. The van der Waals surface area contributed by atoms with Crippen LogP contribution >= 0.6 is 11.8 Å². The van der Waals surface area contributed by atoms with Crippen LogP contribution in [-0.2, 0) is 22.4 Å². The predicted molar refractivity (Wildman–Crippen MR) is 98.0 cm³/mol. The van der Waals surface area contributed by atoms with Gasteiger partial charge in [-0.2, -0.15) is 4.98 Å². The van der Waals surface area contributed by atoms with E-state index in [0.717, 1.165) is 23.3 Å². The summed E-state index contributed by atoms with van der Waals surface area (Å²) in [5.74, 6) is 2.60. The molecule has 0 saturated carbocycles. The van der Waals surface area contributed by atoms with Gasteiger partial charge in [0.05, 0.1) is 5.75 Å². The normalized spacial score (nSPS) is 13.7. The van der Waals surface area contributed by atoms with Crippen molar-refractivity contribution in [2.24, 2.45) is 0 Å². The van der Waals surface area contributed by atoms with E-state index in [4.69, 9.17) is 4.42 Å². The highest BCUT2D eigenvalue weighted by atomic mass is 32.2. The van der Waals surface area contributed by atoms with Gasteiger partial charge in [-0.15, -0.1) is 5.10 Å². The van der Waals surface area contributed by atoms with E-state index in [1.54, 1.807) is 0 Å². The standard InChI is InChI=1S/C19H17N3O3S/c1-11(23)10-26-19-20-18(21-22-19)17-7-6-16(25-17)14-3-2-13-9-15(24)5-4-12(13)8-14/h2-3,6-8H,4-5,9-10H2,1H3,(H,20,21,22). The van der Waals surface area contributed by atoms with Crippen LogP contribution in [0.1, 0.15) is 24.5 Å². The third-order valence-corrected chi connectivity index (χ3v) is 5.25. The molecule has 1 aliphatic rings. The Hall–Kier alpha value is -2.67. The number of benzene rings is 1. The molecule has 0 saturated heterocycles. The lowest BCUT2D eigenvalue weighted by Crippen LogP contribution is -2.12. The predicted octanol–water partition coefficient (Wildman–Crippen LogP) is 3.47. The maximum atomic E-state index is 11.6. The number of nitrogens with zero attached hydrogens (tertiary/aromatic N) is 2. The van der Waals surface area contributed by atoms with Crippen molar-refractivity contribution in [3.8, 4) is 22.9 Å². The molecule has 132 valence electrons. The lowest BCUT2D eigenvalue weighted by molar-refractivity contribution is -0.118. The Morgan fingerprint density at radius 2 is 2.04 bits per heavy atom. The molecule has 0 unspecified atom stereocenters. The summed E-state index contributed by atoms with van der Waals surface area (Å²) in [5, 5.41) is 7.45. The van der Waals surface area contributed by atoms with Gasteiger partial charge in [-0.25, -0.2) is 0 Å². The Kier molecular flexibility index (Phi) is 4.46. The molecule has 0 aliphatic heterocycles. The molecule has 1 aromatic carbocycles. The van der Waals surface area contributed by atoms with Crippen molar-refractivity contribution >= 4 is 23.3 Å². The second-order valence-electron chi connectivity index (χ2n) is 6.32. The van der Waals surface area contributed by atoms with Gasteiger partial charge in [0.2, 0.25) is 5.16 Å². The Morgan fingerprint density at radius 1 is 1.19 bits per heavy atom. The zero-order valence-electron chi connectivity index (χ0n) is 14.2. The summed E-state index contributed by atoms with van der Waals surface area (Å²) in [5.41, 5.74) is 3.30. The van der Waals surface area contributed by atoms with Crippen LogP contribution in [0.15, 0.2) is 39.9 Å². The SMILES string of the molecule is CC(=O)CSc1n[nH]c(-c2ccc(-c3ccc4c(c3)CCC(=O)C4)o2)n1. The molecule has 3 aromatic rings. The fourth-order valence-electron chi connectivity index (χ4n) is 2.97. The number of hydrogen-bond donors (Lipinski definition) is 1. The van der Waals surface area contributed by atoms with Gasteiger partial charge >= 0.3 is 0 Å². The van der Waals surface area contributed by atoms with Crippen molar-refractivity contribution in [3.63, 3.8) is 0 Å². The molecular formula is C19H17N3O3S. The maximum absolute atomic E-state index is 11.6. The number of ketones is 2. The number of carbonyl (C=O) groups is 2. The van der Waals surface area contributed by atoms with Gasteiger partial charge in [-0.05, 0) is 42.7 Å². The van der Waals surface area contributed by atoms with E-state index in [1.165, 1.54) is 24.2 Å². The average Bonchev–Trinajstić information content (AvgIpc) is 3.28.